The first kappa shape index (κ1) is 27.5. The van der Waals surface area contributed by atoms with Crippen molar-refractivity contribution in [2.24, 2.45) is 11.7 Å². The minimum Gasteiger partial charge on any atom is -0.382 e. The number of carbonyl (C=O) groups excluding carboxylic acids is 2. The van der Waals surface area contributed by atoms with E-state index in [0.717, 1.165) is 18.3 Å². The minimum absolute atomic E-state index is 0.00502. The second-order valence-electron chi connectivity index (χ2n) is 10.0. The number of pyridine rings is 1. The molecule has 0 unspecified atom stereocenters. The third kappa shape index (κ3) is 4.69. The Bertz CT molecular complexity index is 1710. The number of nitrogens with two attached hydrogens (primary N) is 2. The van der Waals surface area contributed by atoms with Crippen LogP contribution in [0.2, 0.25) is 0 Å². The Morgan fingerprint density at radius 1 is 1.12 bits per heavy atom. The summed E-state index contributed by atoms with van der Waals surface area (Å²) in [4.78, 5) is 39.9. The van der Waals surface area contributed by atoms with Crippen LogP contribution < -0.4 is 16.8 Å². The van der Waals surface area contributed by atoms with Crippen LogP contribution in [0.1, 0.15) is 34.2 Å². The van der Waals surface area contributed by atoms with E-state index >= 15 is 4.39 Å². The Hall–Kier alpha value is -4.63. The third-order valence-corrected chi connectivity index (χ3v) is 7.57. The molecule has 2 fully saturated rings. The summed E-state index contributed by atoms with van der Waals surface area (Å²) in [6.07, 6.45) is -0.0677. The van der Waals surface area contributed by atoms with Crippen molar-refractivity contribution in [3.63, 3.8) is 0 Å². The van der Waals surface area contributed by atoms with E-state index in [-0.39, 0.29) is 52.9 Å². The summed E-state index contributed by atoms with van der Waals surface area (Å²) in [7, 11) is 0. The lowest BCUT2D eigenvalue weighted by atomic mass is 10.0. The van der Waals surface area contributed by atoms with E-state index < -0.39 is 29.5 Å². The zero-order chi connectivity index (χ0) is 29.8. The molecular weight excluding hydrogens is 560 g/mol. The lowest BCUT2D eigenvalue weighted by Gasteiger charge is -2.28. The number of nitrogens with one attached hydrogen (secondary N) is 1. The maximum absolute atomic E-state index is 15.6. The molecule has 3 aromatic heterocycles. The quantitative estimate of drug-likeness (QED) is 0.303. The smallest absolute Gasteiger partial charge is 0.382 e. The van der Waals surface area contributed by atoms with Gasteiger partial charge in [0.15, 0.2) is 0 Å². The number of ether oxygens (including phenoxy) is 1. The number of rotatable bonds is 5. The highest BCUT2D eigenvalue weighted by Gasteiger charge is 2.48. The van der Waals surface area contributed by atoms with Crippen LogP contribution in [0.4, 0.5) is 29.2 Å². The SMILES string of the molecule is NCC(=O)N1[C@@H]2COC[C@@H]2C[C@H]1c1nc(-c2ccc(C(=O)Nc3cc(C(F)(F)F)ccn3)cc2F)c2c(N)nccn12. The maximum Gasteiger partial charge on any atom is 0.416 e. The van der Waals surface area contributed by atoms with Crippen LogP contribution in [-0.2, 0) is 15.7 Å². The fourth-order valence-electron chi connectivity index (χ4n) is 5.67. The summed E-state index contributed by atoms with van der Waals surface area (Å²) in [6, 6.07) is 4.38. The van der Waals surface area contributed by atoms with Gasteiger partial charge in [-0.05, 0) is 36.8 Å². The number of anilines is 2. The average molecular weight is 585 g/mol. The molecule has 0 spiro atoms. The van der Waals surface area contributed by atoms with Crippen LogP contribution in [-0.4, -0.2) is 61.9 Å². The number of nitrogens with zero attached hydrogens (tertiary/aromatic N) is 5. The number of hydrogen-bond acceptors (Lipinski definition) is 8. The Morgan fingerprint density at radius 2 is 1.93 bits per heavy atom. The largest absolute Gasteiger partial charge is 0.416 e. The molecule has 0 radical (unpaired) electrons. The van der Waals surface area contributed by atoms with Gasteiger partial charge in [0.25, 0.3) is 5.91 Å². The van der Waals surface area contributed by atoms with E-state index in [9.17, 15) is 22.8 Å². The zero-order valence-electron chi connectivity index (χ0n) is 21.8. The van der Waals surface area contributed by atoms with E-state index in [1.54, 1.807) is 15.5 Å². The van der Waals surface area contributed by atoms with E-state index in [0.29, 0.717) is 37.0 Å². The number of benzene rings is 1. The fourth-order valence-corrected chi connectivity index (χ4v) is 5.67. The van der Waals surface area contributed by atoms with Crippen molar-refractivity contribution in [2.45, 2.75) is 24.7 Å². The molecule has 2 aliphatic rings. The highest BCUT2D eigenvalue weighted by molar-refractivity contribution is 6.04. The van der Waals surface area contributed by atoms with E-state index in [4.69, 9.17) is 21.2 Å². The van der Waals surface area contributed by atoms with Crippen LogP contribution in [0, 0.1) is 11.7 Å². The topological polar surface area (TPSA) is 154 Å². The molecule has 6 rings (SSSR count). The number of halogens is 4. The van der Waals surface area contributed by atoms with Crippen molar-refractivity contribution in [3.05, 3.63) is 71.7 Å². The molecule has 3 atom stereocenters. The standard InChI is InChI=1S/C27H24F4N8O3/c28-17-7-13(26(41)36-20-9-15(3-4-34-20)27(29,30)31)1-2-16(17)22-23-24(33)35-5-6-38(23)25(37-22)18-8-14-11-42-12-19(14)39(18)21(40)10-32/h1-7,9,14,18-19H,8,10-12,32H2,(H2,33,35)(H,34,36,41)/t14-,18-,19+/m0/s1. The van der Waals surface area contributed by atoms with Gasteiger partial charge in [0, 0.05) is 35.6 Å². The minimum atomic E-state index is -4.63. The highest BCUT2D eigenvalue weighted by atomic mass is 19.4. The summed E-state index contributed by atoms with van der Waals surface area (Å²) in [5, 5.41) is 2.25. The fraction of sp³-hybridized carbons (Fsp3) is 0.296. The number of likely N-dealkylation sites (tertiary alicyclic amines) is 1. The van der Waals surface area contributed by atoms with Crippen molar-refractivity contribution < 1.29 is 31.9 Å². The zero-order valence-corrected chi connectivity index (χ0v) is 21.8. The molecule has 1 aromatic carbocycles. The first-order valence-electron chi connectivity index (χ1n) is 12.9. The van der Waals surface area contributed by atoms with Crippen LogP contribution in [0.15, 0.2) is 48.9 Å². The van der Waals surface area contributed by atoms with Gasteiger partial charge in [0.2, 0.25) is 5.91 Å². The van der Waals surface area contributed by atoms with Crippen LogP contribution in [0.25, 0.3) is 16.8 Å². The van der Waals surface area contributed by atoms with Gasteiger partial charge in [0.1, 0.15) is 34.5 Å². The van der Waals surface area contributed by atoms with Crippen LogP contribution >= 0.6 is 0 Å². The van der Waals surface area contributed by atoms with Crippen molar-refractivity contribution in [1.29, 1.82) is 0 Å². The average Bonchev–Trinajstić information content (AvgIpc) is 3.66. The second kappa shape index (κ2) is 10.3. The van der Waals surface area contributed by atoms with Gasteiger partial charge in [-0.3, -0.25) is 14.0 Å². The normalized spacial score (nSPS) is 20.2. The lowest BCUT2D eigenvalue weighted by molar-refractivity contribution is -0.137. The van der Waals surface area contributed by atoms with Crippen LogP contribution in [0.3, 0.4) is 0 Å². The molecule has 5 N–H and O–H groups in total. The number of aromatic nitrogens is 4. The molecule has 2 amide bonds. The van der Waals surface area contributed by atoms with Gasteiger partial charge in [-0.2, -0.15) is 13.2 Å². The molecular formula is C27H24F4N8O3. The molecule has 15 heteroatoms. The van der Waals surface area contributed by atoms with Gasteiger partial charge >= 0.3 is 6.18 Å². The van der Waals surface area contributed by atoms with Crippen molar-refractivity contribution in [3.8, 4) is 11.3 Å². The van der Waals surface area contributed by atoms with Gasteiger partial charge < -0.3 is 26.4 Å². The Balaban J connectivity index is 1.36. The van der Waals surface area contributed by atoms with Crippen molar-refractivity contribution in [2.75, 3.05) is 30.8 Å². The first-order valence-corrected chi connectivity index (χ1v) is 12.9. The summed E-state index contributed by atoms with van der Waals surface area (Å²) < 4.78 is 61.9. The molecule has 11 nitrogen and oxygen atoms in total. The van der Waals surface area contributed by atoms with E-state index in [1.807, 2.05) is 0 Å². The number of alkyl halides is 3. The molecule has 0 aliphatic carbocycles. The van der Waals surface area contributed by atoms with Gasteiger partial charge in [-0.15, -0.1) is 0 Å². The Kier molecular flexibility index (Phi) is 6.77. The second-order valence-corrected chi connectivity index (χ2v) is 10.0. The summed E-state index contributed by atoms with van der Waals surface area (Å²) in [5.41, 5.74) is 11.2. The van der Waals surface area contributed by atoms with Crippen molar-refractivity contribution in [1.82, 2.24) is 24.3 Å². The predicted octanol–water partition coefficient (Wildman–Crippen LogP) is 3.03. The molecule has 2 aliphatic heterocycles. The number of nitrogen functional groups attached to an aromatic ring is 1. The molecule has 2 saturated heterocycles. The van der Waals surface area contributed by atoms with E-state index in [2.05, 4.69) is 15.3 Å². The van der Waals surface area contributed by atoms with Gasteiger partial charge in [-0.1, -0.05) is 0 Å². The summed E-state index contributed by atoms with van der Waals surface area (Å²) >= 11 is 0. The Labute approximate surface area is 235 Å². The number of fused-ring (bicyclic) bond motifs is 2. The number of imidazole rings is 1. The number of hydrogen-bond donors (Lipinski definition) is 3. The summed E-state index contributed by atoms with van der Waals surface area (Å²) in [6.45, 7) is 0.665. The van der Waals surface area contributed by atoms with Gasteiger partial charge in [-0.25, -0.2) is 19.3 Å². The monoisotopic (exact) mass is 584 g/mol. The number of amides is 2. The molecule has 0 saturated carbocycles. The maximum atomic E-state index is 15.6. The lowest BCUT2D eigenvalue weighted by Crippen LogP contribution is -2.43. The summed E-state index contributed by atoms with van der Waals surface area (Å²) in [5.74, 6) is -1.70. The molecule has 4 aromatic rings. The Morgan fingerprint density at radius 3 is 2.67 bits per heavy atom. The third-order valence-electron chi connectivity index (χ3n) is 7.57. The van der Waals surface area contributed by atoms with E-state index in [1.165, 1.54) is 18.3 Å². The molecule has 42 heavy (non-hydrogen) atoms. The van der Waals surface area contributed by atoms with Crippen molar-refractivity contribution >= 4 is 29.0 Å². The first-order chi connectivity index (χ1) is 20.1. The molecule has 0 bridgehead atoms. The predicted molar refractivity (Wildman–Crippen MR) is 141 cm³/mol. The van der Waals surface area contributed by atoms with Gasteiger partial charge in [0.05, 0.1) is 37.4 Å². The molecule has 5 heterocycles. The van der Waals surface area contributed by atoms with Crippen LogP contribution in [0.5, 0.6) is 0 Å². The number of carbonyl (C=O) groups is 2. The highest BCUT2D eigenvalue weighted by Crippen LogP contribution is 2.44. The molecule has 218 valence electrons.